The van der Waals surface area contributed by atoms with E-state index in [0.717, 1.165) is 25.7 Å². The van der Waals surface area contributed by atoms with Crippen LogP contribution in [0.4, 0.5) is 0 Å². The summed E-state index contributed by atoms with van der Waals surface area (Å²) in [6.07, 6.45) is 3.28. The normalized spacial score (nSPS) is 16.8. The molecule has 8 heteroatoms. The Balaban J connectivity index is 1.99. The van der Waals surface area contributed by atoms with Crippen molar-refractivity contribution in [3.8, 4) is 0 Å². The molecular formula is C17H24N2O5S. The highest BCUT2D eigenvalue weighted by molar-refractivity contribution is 7.89. The summed E-state index contributed by atoms with van der Waals surface area (Å²) in [5.74, 6) is -0.839. The van der Waals surface area contributed by atoms with Crippen molar-refractivity contribution >= 4 is 21.9 Å². The van der Waals surface area contributed by atoms with Gasteiger partial charge in [0, 0.05) is 13.1 Å². The number of hydrogen-bond donors (Lipinski definition) is 1. The summed E-state index contributed by atoms with van der Waals surface area (Å²) in [6.45, 7) is 2.94. The highest BCUT2D eigenvalue weighted by Crippen LogP contribution is 2.14. The van der Waals surface area contributed by atoms with E-state index in [0.29, 0.717) is 13.1 Å². The van der Waals surface area contributed by atoms with E-state index in [4.69, 9.17) is 4.74 Å². The van der Waals surface area contributed by atoms with Crippen LogP contribution in [-0.2, 0) is 19.6 Å². The van der Waals surface area contributed by atoms with Crippen molar-refractivity contribution in [2.75, 3.05) is 20.1 Å². The van der Waals surface area contributed by atoms with Crippen LogP contribution < -0.4 is 4.72 Å². The van der Waals surface area contributed by atoms with Crippen LogP contribution in [0.2, 0.25) is 0 Å². The molecule has 1 aromatic carbocycles. The maximum absolute atomic E-state index is 12.4. The Kier molecular flexibility index (Phi) is 6.55. The van der Waals surface area contributed by atoms with Crippen LogP contribution in [0.3, 0.4) is 0 Å². The van der Waals surface area contributed by atoms with Gasteiger partial charge >= 0.3 is 5.97 Å². The van der Waals surface area contributed by atoms with Gasteiger partial charge < -0.3 is 9.64 Å². The number of ether oxygens (including phenoxy) is 1. The van der Waals surface area contributed by atoms with E-state index in [-0.39, 0.29) is 16.4 Å². The number of hydrogen-bond acceptors (Lipinski definition) is 5. The molecule has 0 spiro atoms. The quantitative estimate of drug-likeness (QED) is 0.796. The Bertz CT molecular complexity index is 707. The lowest BCUT2D eigenvalue weighted by Crippen LogP contribution is -2.40. The summed E-state index contributed by atoms with van der Waals surface area (Å²) in [5.41, 5.74) is 0.200. The lowest BCUT2D eigenvalue weighted by atomic mass is 10.2. The zero-order valence-electron chi connectivity index (χ0n) is 14.5. The van der Waals surface area contributed by atoms with E-state index in [1.54, 1.807) is 11.8 Å². The molecule has 0 saturated carbocycles. The molecule has 7 nitrogen and oxygen atoms in total. The highest BCUT2D eigenvalue weighted by atomic mass is 32.2. The first kappa shape index (κ1) is 19.4. The smallest absolute Gasteiger partial charge is 0.338 e. The SMILES string of the molecule is CNS(=O)(=O)c1ccc(C(=O)OC(C)C(=O)N2CCCCCC2)cc1. The van der Waals surface area contributed by atoms with Crippen molar-refractivity contribution < 1.29 is 22.7 Å². The number of nitrogens with zero attached hydrogens (tertiary/aromatic N) is 1. The molecule has 2 rings (SSSR count). The van der Waals surface area contributed by atoms with E-state index in [2.05, 4.69) is 4.72 Å². The first-order chi connectivity index (χ1) is 11.8. The average Bonchev–Trinajstić information content (AvgIpc) is 2.90. The molecule has 0 bridgehead atoms. The number of benzene rings is 1. The molecule has 1 N–H and O–H groups in total. The standard InChI is InChI=1S/C17H24N2O5S/c1-13(16(20)19-11-5-3-4-6-12-19)24-17(21)14-7-9-15(10-8-14)25(22,23)18-2/h7-10,13,18H,3-6,11-12H2,1-2H3. The fourth-order valence-corrected chi connectivity index (χ4v) is 3.45. The van der Waals surface area contributed by atoms with Gasteiger partial charge in [-0.2, -0.15) is 0 Å². The molecule has 1 amide bonds. The van der Waals surface area contributed by atoms with E-state index >= 15 is 0 Å². The Morgan fingerprint density at radius 3 is 2.16 bits per heavy atom. The number of sulfonamides is 1. The minimum Gasteiger partial charge on any atom is -0.449 e. The Morgan fingerprint density at radius 1 is 1.08 bits per heavy atom. The maximum Gasteiger partial charge on any atom is 0.338 e. The fraction of sp³-hybridized carbons (Fsp3) is 0.529. The largest absolute Gasteiger partial charge is 0.449 e. The van der Waals surface area contributed by atoms with Gasteiger partial charge in [0.2, 0.25) is 10.0 Å². The average molecular weight is 368 g/mol. The molecule has 0 radical (unpaired) electrons. The number of carbonyl (C=O) groups is 2. The molecule has 1 heterocycles. The Morgan fingerprint density at radius 2 is 1.64 bits per heavy atom. The second-order valence-electron chi connectivity index (χ2n) is 6.02. The molecule has 25 heavy (non-hydrogen) atoms. The van der Waals surface area contributed by atoms with Gasteiger partial charge in [-0.3, -0.25) is 4.79 Å². The van der Waals surface area contributed by atoms with Gasteiger partial charge in [0.25, 0.3) is 5.91 Å². The summed E-state index contributed by atoms with van der Waals surface area (Å²) in [5, 5.41) is 0. The number of rotatable bonds is 5. The molecule has 1 unspecified atom stereocenters. The van der Waals surface area contributed by atoms with Crippen LogP contribution in [-0.4, -0.2) is 51.4 Å². The molecule has 1 aliphatic heterocycles. The van der Waals surface area contributed by atoms with Gasteiger partial charge in [0.15, 0.2) is 6.10 Å². The number of carbonyl (C=O) groups excluding carboxylic acids is 2. The van der Waals surface area contributed by atoms with Crippen LogP contribution >= 0.6 is 0 Å². The second kappa shape index (κ2) is 8.44. The van der Waals surface area contributed by atoms with Crippen LogP contribution in [0.25, 0.3) is 0 Å². The van der Waals surface area contributed by atoms with Gasteiger partial charge in [0.05, 0.1) is 10.5 Å². The zero-order chi connectivity index (χ0) is 18.4. The second-order valence-corrected chi connectivity index (χ2v) is 7.91. The van der Waals surface area contributed by atoms with Crippen molar-refractivity contribution in [2.45, 2.75) is 43.6 Å². The monoisotopic (exact) mass is 368 g/mol. The first-order valence-corrected chi connectivity index (χ1v) is 9.87. The minimum atomic E-state index is -3.56. The lowest BCUT2D eigenvalue weighted by molar-refractivity contribution is -0.139. The molecule has 1 aliphatic rings. The Labute approximate surface area is 148 Å². The van der Waals surface area contributed by atoms with Gasteiger partial charge in [-0.15, -0.1) is 0 Å². The maximum atomic E-state index is 12.4. The fourth-order valence-electron chi connectivity index (χ4n) is 2.72. The van der Waals surface area contributed by atoms with Gasteiger partial charge in [-0.1, -0.05) is 12.8 Å². The van der Waals surface area contributed by atoms with Crippen LogP contribution in [0.1, 0.15) is 43.0 Å². The number of amides is 1. The minimum absolute atomic E-state index is 0.0558. The van der Waals surface area contributed by atoms with Crippen molar-refractivity contribution in [3.05, 3.63) is 29.8 Å². The Hall–Kier alpha value is -1.93. The third-order valence-corrected chi connectivity index (χ3v) is 5.65. The van der Waals surface area contributed by atoms with Gasteiger partial charge in [-0.05, 0) is 51.1 Å². The molecule has 0 aromatic heterocycles. The van der Waals surface area contributed by atoms with E-state index < -0.39 is 22.1 Å². The van der Waals surface area contributed by atoms with E-state index in [1.165, 1.54) is 31.3 Å². The number of nitrogens with one attached hydrogen (secondary N) is 1. The van der Waals surface area contributed by atoms with E-state index in [1.807, 2.05) is 0 Å². The number of esters is 1. The summed E-state index contributed by atoms with van der Waals surface area (Å²) in [7, 11) is -2.24. The lowest BCUT2D eigenvalue weighted by Gasteiger charge is -2.24. The number of likely N-dealkylation sites (tertiary alicyclic amines) is 1. The molecule has 1 saturated heterocycles. The molecular weight excluding hydrogens is 344 g/mol. The predicted molar refractivity (Wildman–Crippen MR) is 92.6 cm³/mol. The van der Waals surface area contributed by atoms with Crippen molar-refractivity contribution in [3.63, 3.8) is 0 Å². The topological polar surface area (TPSA) is 92.8 Å². The predicted octanol–water partition coefficient (Wildman–Crippen LogP) is 1.54. The van der Waals surface area contributed by atoms with Gasteiger partial charge in [0.1, 0.15) is 0 Å². The summed E-state index contributed by atoms with van der Waals surface area (Å²) in [4.78, 5) is 26.4. The summed E-state index contributed by atoms with van der Waals surface area (Å²) >= 11 is 0. The molecule has 1 fully saturated rings. The molecule has 0 aliphatic carbocycles. The third kappa shape index (κ3) is 5.02. The molecule has 1 aromatic rings. The molecule has 1 atom stereocenters. The molecule has 138 valence electrons. The van der Waals surface area contributed by atoms with Gasteiger partial charge in [-0.25, -0.2) is 17.9 Å². The van der Waals surface area contributed by atoms with Crippen molar-refractivity contribution in [2.24, 2.45) is 0 Å². The zero-order valence-corrected chi connectivity index (χ0v) is 15.3. The highest BCUT2D eigenvalue weighted by Gasteiger charge is 2.25. The van der Waals surface area contributed by atoms with Crippen LogP contribution in [0.15, 0.2) is 29.2 Å². The van der Waals surface area contributed by atoms with Crippen molar-refractivity contribution in [1.29, 1.82) is 0 Å². The van der Waals surface area contributed by atoms with E-state index in [9.17, 15) is 18.0 Å². The van der Waals surface area contributed by atoms with Crippen LogP contribution in [0, 0.1) is 0 Å². The summed E-state index contributed by atoms with van der Waals surface area (Å²) < 4.78 is 30.8. The van der Waals surface area contributed by atoms with Crippen molar-refractivity contribution in [1.82, 2.24) is 9.62 Å². The summed E-state index contributed by atoms with van der Waals surface area (Å²) in [6, 6.07) is 5.39. The third-order valence-electron chi connectivity index (χ3n) is 4.22. The van der Waals surface area contributed by atoms with Crippen LogP contribution in [0.5, 0.6) is 0 Å². The first-order valence-electron chi connectivity index (χ1n) is 8.38.